The summed E-state index contributed by atoms with van der Waals surface area (Å²) in [6.45, 7) is 4.52. The molecule has 2 heterocycles. The number of halogens is 3. The Morgan fingerprint density at radius 3 is 2.50 bits per heavy atom. The lowest BCUT2D eigenvalue weighted by Crippen LogP contribution is -2.44. The molecule has 2 fully saturated rings. The van der Waals surface area contributed by atoms with Crippen molar-refractivity contribution in [2.24, 2.45) is 5.92 Å². The first-order chi connectivity index (χ1) is 11.4. The van der Waals surface area contributed by atoms with E-state index in [9.17, 15) is 22.8 Å². The van der Waals surface area contributed by atoms with Crippen LogP contribution in [0.3, 0.4) is 0 Å². The Labute approximate surface area is 139 Å². The van der Waals surface area contributed by atoms with Crippen LogP contribution in [0.25, 0.3) is 0 Å². The summed E-state index contributed by atoms with van der Waals surface area (Å²) in [6, 6.07) is 0. The number of nitrogens with zero attached hydrogens (tertiary/aromatic N) is 2. The molecular weight excluding hydrogens is 327 g/mol. The topological polar surface area (TPSA) is 61.9 Å². The molecule has 0 bridgehead atoms. The minimum atomic E-state index is -5.16. The van der Waals surface area contributed by atoms with Crippen LogP contribution >= 0.6 is 0 Å². The van der Waals surface area contributed by atoms with Gasteiger partial charge in [-0.05, 0) is 51.4 Å². The largest absolute Gasteiger partial charge is 0.491 e. The third kappa shape index (κ3) is 5.94. The molecule has 1 amide bonds. The van der Waals surface area contributed by atoms with Gasteiger partial charge in [0.2, 0.25) is 0 Å². The third-order valence-electron chi connectivity index (χ3n) is 4.45. The average Bonchev–Trinajstić information content (AvgIpc) is 3.04. The molecule has 138 valence electrons. The number of likely N-dealkylation sites (tertiary alicyclic amines) is 1. The smallest absolute Gasteiger partial charge is 0.369 e. The van der Waals surface area contributed by atoms with Gasteiger partial charge in [0.1, 0.15) is 0 Å². The molecule has 0 aromatic carbocycles. The maximum absolute atomic E-state index is 12.3. The molecule has 1 atom stereocenters. The van der Waals surface area contributed by atoms with Gasteiger partial charge in [0.25, 0.3) is 0 Å². The van der Waals surface area contributed by atoms with Crippen molar-refractivity contribution in [3.63, 3.8) is 0 Å². The van der Waals surface area contributed by atoms with Crippen LogP contribution in [0, 0.1) is 5.92 Å². The van der Waals surface area contributed by atoms with Crippen molar-refractivity contribution in [1.29, 1.82) is 0 Å². The van der Waals surface area contributed by atoms with E-state index < -0.39 is 18.2 Å². The Balaban J connectivity index is 1.90. The molecule has 6 nitrogen and oxygen atoms in total. The summed E-state index contributed by atoms with van der Waals surface area (Å²) in [6.07, 6.45) is -2.17. The molecular formula is C15H24F3N3O3. The quantitative estimate of drug-likeness (QED) is 0.602. The van der Waals surface area contributed by atoms with Crippen molar-refractivity contribution in [2.75, 3.05) is 45.8 Å². The van der Waals surface area contributed by atoms with Crippen LogP contribution in [0.4, 0.5) is 18.0 Å². The Kier molecular flexibility index (Phi) is 6.85. The number of amides is 1. The Bertz CT molecular complexity index is 433. The lowest BCUT2D eigenvalue weighted by molar-refractivity contribution is -0.193. The Morgan fingerprint density at radius 2 is 1.92 bits per heavy atom. The van der Waals surface area contributed by atoms with Gasteiger partial charge in [0.05, 0.1) is 0 Å². The van der Waals surface area contributed by atoms with Crippen molar-refractivity contribution >= 4 is 12.1 Å². The van der Waals surface area contributed by atoms with E-state index in [2.05, 4.69) is 15.0 Å². The van der Waals surface area contributed by atoms with Crippen LogP contribution in [0.1, 0.15) is 25.7 Å². The Hall–Kier alpha value is -1.35. The maximum atomic E-state index is 12.3. The number of hydrogen-bond donors (Lipinski definition) is 1. The lowest BCUT2D eigenvalue weighted by atomic mass is 10.1. The monoisotopic (exact) mass is 351 g/mol. The number of carbonyl (C=O) groups is 2. The zero-order chi connectivity index (χ0) is 17.6. The molecule has 0 aromatic rings. The second-order valence-corrected chi connectivity index (χ2v) is 6.36. The van der Waals surface area contributed by atoms with Crippen molar-refractivity contribution in [3.8, 4) is 0 Å². The molecule has 9 heteroatoms. The summed E-state index contributed by atoms with van der Waals surface area (Å²) in [5.41, 5.74) is 0. The van der Waals surface area contributed by atoms with Crippen LogP contribution in [-0.4, -0.2) is 73.9 Å². The second kappa shape index (κ2) is 8.66. The molecule has 2 saturated heterocycles. The first-order valence-electron chi connectivity index (χ1n) is 8.37. The first-order valence-corrected chi connectivity index (χ1v) is 8.37. The van der Waals surface area contributed by atoms with Gasteiger partial charge in [-0.2, -0.15) is 13.2 Å². The molecule has 0 aromatic heterocycles. The molecule has 1 N–H and O–H groups in total. The summed E-state index contributed by atoms with van der Waals surface area (Å²) < 4.78 is 40.9. The highest BCUT2D eigenvalue weighted by Crippen LogP contribution is 2.18. The molecule has 0 radical (unpaired) electrons. The van der Waals surface area contributed by atoms with Crippen molar-refractivity contribution < 1.29 is 27.5 Å². The third-order valence-corrected chi connectivity index (χ3v) is 4.45. The van der Waals surface area contributed by atoms with Crippen LogP contribution in [0.15, 0.2) is 0 Å². The molecule has 0 saturated carbocycles. The van der Waals surface area contributed by atoms with Crippen molar-refractivity contribution in [1.82, 2.24) is 15.1 Å². The van der Waals surface area contributed by atoms with Crippen LogP contribution < -0.4 is 5.32 Å². The van der Waals surface area contributed by atoms with Gasteiger partial charge in [0.15, 0.2) is 0 Å². The Morgan fingerprint density at radius 1 is 1.21 bits per heavy atom. The fourth-order valence-electron chi connectivity index (χ4n) is 3.09. The minimum absolute atomic E-state index is 0.167. The fourth-order valence-corrected chi connectivity index (χ4v) is 3.09. The number of nitrogens with one attached hydrogen (secondary N) is 1. The normalized spacial score (nSPS) is 22.4. The van der Waals surface area contributed by atoms with Gasteiger partial charge in [-0.1, -0.05) is 6.42 Å². The number of alkyl halides is 3. The molecule has 0 spiro atoms. The van der Waals surface area contributed by atoms with Crippen LogP contribution in [0.2, 0.25) is 0 Å². The SMILES string of the molecule is O=C(OC(=O)C(F)(F)F)N(CCN1CCCCC1)CC1CCNC1. The van der Waals surface area contributed by atoms with E-state index in [0.29, 0.717) is 19.6 Å². The molecule has 1 unspecified atom stereocenters. The highest BCUT2D eigenvalue weighted by atomic mass is 19.4. The van der Waals surface area contributed by atoms with Gasteiger partial charge in [-0.3, -0.25) is 0 Å². The lowest BCUT2D eigenvalue weighted by Gasteiger charge is -2.30. The second-order valence-electron chi connectivity index (χ2n) is 6.36. The predicted octanol–water partition coefficient (Wildman–Crippen LogP) is 1.61. The van der Waals surface area contributed by atoms with Gasteiger partial charge in [-0.25, -0.2) is 9.59 Å². The van der Waals surface area contributed by atoms with Gasteiger partial charge < -0.3 is 19.9 Å². The highest BCUT2D eigenvalue weighted by molar-refractivity contribution is 5.87. The molecule has 2 aliphatic rings. The van der Waals surface area contributed by atoms with E-state index in [-0.39, 0.29) is 12.5 Å². The summed E-state index contributed by atoms with van der Waals surface area (Å²) in [5, 5.41) is 3.15. The van der Waals surface area contributed by atoms with E-state index in [1.165, 1.54) is 11.3 Å². The van der Waals surface area contributed by atoms with E-state index >= 15 is 0 Å². The molecule has 24 heavy (non-hydrogen) atoms. The highest BCUT2D eigenvalue weighted by Gasteiger charge is 2.43. The number of piperidine rings is 1. The van der Waals surface area contributed by atoms with Crippen molar-refractivity contribution in [2.45, 2.75) is 31.9 Å². The van der Waals surface area contributed by atoms with Gasteiger partial charge >= 0.3 is 18.2 Å². The van der Waals surface area contributed by atoms with Crippen molar-refractivity contribution in [3.05, 3.63) is 0 Å². The zero-order valence-corrected chi connectivity index (χ0v) is 13.6. The van der Waals surface area contributed by atoms with E-state index in [0.717, 1.165) is 38.9 Å². The predicted molar refractivity (Wildman–Crippen MR) is 80.4 cm³/mol. The van der Waals surface area contributed by atoms with E-state index in [4.69, 9.17) is 0 Å². The summed E-state index contributed by atoms with van der Waals surface area (Å²) in [7, 11) is 0. The summed E-state index contributed by atoms with van der Waals surface area (Å²) >= 11 is 0. The van der Waals surface area contributed by atoms with Gasteiger partial charge in [0, 0.05) is 19.6 Å². The minimum Gasteiger partial charge on any atom is -0.369 e. The average molecular weight is 351 g/mol. The summed E-state index contributed by atoms with van der Waals surface area (Å²) in [4.78, 5) is 26.3. The van der Waals surface area contributed by atoms with Crippen LogP contribution in [-0.2, 0) is 9.53 Å². The maximum Gasteiger partial charge on any atom is 0.491 e. The standard InChI is InChI=1S/C15H24F3N3O3/c16-15(17,18)13(22)24-14(23)21(11-12-4-5-19-10-12)9-8-20-6-2-1-3-7-20/h12,19H,1-11H2. The van der Waals surface area contributed by atoms with Crippen LogP contribution in [0.5, 0.6) is 0 Å². The molecule has 2 aliphatic heterocycles. The van der Waals surface area contributed by atoms with Gasteiger partial charge in [-0.15, -0.1) is 0 Å². The fraction of sp³-hybridized carbons (Fsp3) is 0.867. The molecule has 2 rings (SSSR count). The number of carbonyl (C=O) groups excluding carboxylic acids is 2. The molecule has 0 aliphatic carbocycles. The zero-order valence-electron chi connectivity index (χ0n) is 13.6. The number of esters is 1. The summed E-state index contributed by atoms with van der Waals surface area (Å²) in [5.74, 6) is -2.29. The van der Waals surface area contributed by atoms with E-state index in [1.807, 2.05) is 0 Å². The number of rotatable bonds is 5. The number of ether oxygens (including phenoxy) is 1. The first kappa shape index (κ1) is 19.0. The van der Waals surface area contributed by atoms with E-state index in [1.54, 1.807) is 0 Å². The number of hydrogen-bond acceptors (Lipinski definition) is 5.